The number of carbonyl (C=O) groups excluding carboxylic acids is 1. The lowest BCUT2D eigenvalue weighted by Gasteiger charge is -2.35. The molecule has 1 spiro atoms. The van der Waals surface area contributed by atoms with Crippen LogP contribution in [0.3, 0.4) is 0 Å². The first kappa shape index (κ1) is 29.0. The van der Waals surface area contributed by atoms with Crippen molar-refractivity contribution >= 4 is 39.6 Å². The van der Waals surface area contributed by atoms with Crippen molar-refractivity contribution in [3.8, 4) is 5.75 Å². The Morgan fingerprint density at radius 3 is 2.59 bits per heavy atom. The fourth-order valence-corrected chi connectivity index (χ4v) is 5.35. The molecule has 1 atom stereocenters. The maximum atomic E-state index is 13.5. The summed E-state index contributed by atoms with van der Waals surface area (Å²) in [7, 11) is -1.24. The van der Waals surface area contributed by atoms with E-state index in [4.69, 9.17) is 9.84 Å². The molecule has 2 fully saturated rings. The van der Waals surface area contributed by atoms with Crippen molar-refractivity contribution in [2.75, 3.05) is 65.6 Å². The third kappa shape index (κ3) is 7.58. The molecule has 1 unspecified atom stereocenters. The second-order valence-electron chi connectivity index (χ2n) is 10.8. The van der Waals surface area contributed by atoms with Crippen LogP contribution in [0.4, 0.5) is 27.3 Å². The molecule has 10 nitrogen and oxygen atoms in total. The van der Waals surface area contributed by atoms with E-state index in [-0.39, 0.29) is 36.5 Å². The maximum absolute atomic E-state index is 13.5. The van der Waals surface area contributed by atoms with Crippen molar-refractivity contribution in [3.63, 3.8) is 0 Å². The van der Waals surface area contributed by atoms with Gasteiger partial charge >= 0.3 is 0 Å². The Morgan fingerprint density at radius 2 is 1.95 bits per heavy atom. The number of hydrogen-bond donors (Lipinski definition) is 5. The molecular weight excluding hydrogens is 525 g/mol. The summed E-state index contributed by atoms with van der Waals surface area (Å²) in [5, 5.41) is 27.8. The number of carbonyl (C=O) groups is 1. The molecule has 0 bridgehead atoms. The van der Waals surface area contributed by atoms with Gasteiger partial charge in [-0.15, -0.1) is 0 Å². The van der Waals surface area contributed by atoms with Gasteiger partial charge in [-0.25, -0.2) is 9.37 Å². The minimum atomic E-state index is -1.24. The van der Waals surface area contributed by atoms with E-state index in [9.17, 15) is 18.5 Å². The van der Waals surface area contributed by atoms with Gasteiger partial charge < -0.3 is 35.8 Å². The molecule has 12 heteroatoms. The number of piperidine rings is 1. The second kappa shape index (κ2) is 12.5. The SMILES string of the molecule is CC(C)(CO)Nc1cc(NC(=O)c2cnc(NCS(=O)CCO)cc2N2CCC3(CC2)CC3)ccc1OCF. The largest absolute Gasteiger partial charge is 0.461 e. The number of halogens is 1. The molecule has 1 saturated carbocycles. The molecule has 5 N–H and O–H groups in total. The number of aromatic nitrogens is 1. The number of ether oxygens (including phenoxy) is 1. The van der Waals surface area contributed by atoms with E-state index in [0.717, 1.165) is 31.6 Å². The lowest BCUT2D eigenvalue weighted by molar-refractivity contribution is 0.102. The van der Waals surface area contributed by atoms with Crippen molar-refractivity contribution in [1.82, 2.24) is 4.98 Å². The zero-order valence-corrected chi connectivity index (χ0v) is 23.3. The van der Waals surface area contributed by atoms with E-state index in [1.54, 1.807) is 32.0 Å². The van der Waals surface area contributed by atoms with Crippen molar-refractivity contribution in [3.05, 3.63) is 36.0 Å². The molecule has 1 saturated heterocycles. The lowest BCUT2D eigenvalue weighted by atomic mass is 9.93. The van der Waals surface area contributed by atoms with E-state index in [1.807, 2.05) is 6.07 Å². The summed E-state index contributed by atoms with van der Waals surface area (Å²) >= 11 is 0. The fraction of sp³-hybridized carbons (Fsp3) is 0.556. The van der Waals surface area contributed by atoms with Gasteiger partial charge in [0.15, 0.2) is 0 Å². The molecular formula is C27H38FN5O5S. The van der Waals surface area contributed by atoms with Gasteiger partial charge in [-0.3, -0.25) is 9.00 Å². The summed E-state index contributed by atoms with van der Waals surface area (Å²) in [6.45, 7) is 3.90. The van der Waals surface area contributed by atoms with Gasteiger partial charge in [0.1, 0.15) is 11.6 Å². The van der Waals surface area contributed by atoms with Gasteiger partial charge in [-0.05, 0) is 63.1 Å². The average molecular weight is 564 g/mol. The number of aliphatic hydroxyl groups excluding tert-OH is 2. The van der Waals surface area contributed by atoms with Crippen molar-refractivity contribution in [2.45, 2.75) is 45.1 Å². The molecule has 1 aliphatic heterocycles. The summed E-state index contributed by atoms with van der Waals surface area (Å²) in [5.41, 5.74) is 1.80. The van der Waals surface area contributed by atoms with Crippen LogP contribution >= 0.6 is 0 Å². The molecule has 1 aromatic heterocycles. The van der Waals surface area contributed by atoms with Crippen molar-refractivity contribution in [2.24, 2.45) is 5.41 Å². The lowest BCUT2D eigenvalue weighted by Crippen LogP contribution is -2.36. The molecule has 1 aliphatic carbocycles. The number of benzene rings is 1. The number of amides is 1. The van der Waals surface area contributed by atoms with Crippen LogP contribution in [0.25, 0.3) is 0 Å². The highest BCUT2D eigenvalue weighted by Crippen LogP contribution is 2.54. The first-order valence-corrected chi connectivity index (χ1v) is 14.6. The van der Waals surface area contributed by atoms with Crippen LogP contribution in [0.15, 0.2) is 30.5 Å². The molecule has 2 aromatic rings. The van der Waals surface area contributed by atoms with Gasteiger partial charge in [0.2, 0.25) is 6.86 Å². The van der Waals surface area contributed by atoms with Gasteiger partial charge in [0, 0.05) is 47.6 Å². The number of nitrogens with one attached hydrogen (secondary N) is 3. The standard InChI is InChI=1S/C27H38FN5O5S/c1-26(2,16-35)32-21-13-19(3-4-23(21)38-17-28)31-25(36)20-15-29-24(30-18-39(37)12-11-34)14-22(20)33-9-7-27(5-6-27)8-10-33/h3-4,13-15,32,34-35H,5-12,16-18H2,1-2H3,(H,29,30)(H,31,36). The number of nitrogens with zero attached hydrogens (tertiary/aromatic N) is 2. The number of aliphatic hydroxyl groups is 2. The summed E-state index contributed by atoms with van der Waals surface area (Å²) < 4.78 is 30.0. The highest BCUT2D eigenvalue weighted by atomic mass is 32.2. The highest BCUT2D eigenvalue weighted by Gasteiger charge is 2.44. The maximum Gasteiger partial charge on any atom is 0.259 e. The predicted octanol–water partition coefficient (Wildman–Crippen LogP) is 3.31. The monoisotopic (exact) mass is 563 g/mol. The first-order valence-electron chi connectivity index (χ1n) is 13.2. The second-order valence-corrected chi connectivity index (χ2v) is 12.4. The van der Waals surface area contributed by atoms with Gasteiger partial charge in [0.25, 0.3) is 5.91 Å². The molecule has 1 aromatic carbocycles. The molecule has 2 aliphatic rings. The van der Waals surface area contributed by atoms with Crippen LogP contribution in [0.5, 0.6) is 5.75 Å². The normalized spacial score (nSPS) is 17.0. The van der Waals surface area contributed by atoms with E-state index in [1.165, 1.54) is 19.0 Å². The molecule has 214 valence electrons. The van der Waals surface area contributed by atoms with Gasteiger partial charge in [-0.2, -0.15) is 0 Å². The molecule has 1 amide bonds. The minimum absolute atomic E-state index is 0.148. The number of pyridine rings is 1. The number of hydrogen-bond acceptors (Lipinski definition) is 9. The Morgan fingerprint density at radius 1 is 1.21 bits per heavy atom. The summed E-state index contributed by atoms with van der Waals surface area (Å²) in [5.74, 6) is 0.733. The summed E-state index contributed by atoms with van der Waals surface area (Å²) in [6.07, 6.45) is 6.19. The topological polar surface area (TPSA) is 136 Å². The van der Waals surface area contributed by atoms with Gasteiger partial charge in [0.05, 0.1) is 41.6 Å². The van der Waals surface area contributed by atoms with Crippen molar-refractivity contribution in [1.29, 1.82) is 0 Å². The fourth-order valence-electron chi connectivity index (χ4n) is 4.70. The smallest absolute Gasteiger partial charge is 0.259 e. The number of anilines is 4. The highest BCUT2D eigenvalue weighted by molar-refractivity contribution is 7.85. The van der Waals surface area contributed by atoms with Crippen LogP contribution < -0.4 is 25.6 Å². The Kier molecular flexibility index (Phi) is 9.29. The van der Waals surface area contributed by atoms with Crippen LogP contribution in [0, 0.1) is 5.41 Å². The molecule has 4 rings (SSSR count). The Bertz CT molecular complexity index is 1180. The first-order chi connectivity index (χ1) is 18.7. The van der Waals surface area contributed by atoms with Crippen LogP contribution in [0.1, 0.15) is 49.9 Å². The van der Waals surface area contributed by atoms with Crippen LogP contribution in [-0.4, -0.2) is 75.6 Å². The minimum Gasteiger partial charge on any atom is -0.461 e. The summed E-state index contributed by atoms with van der Waals surface area (Å²) in [6, 6.07) is 6.63. The summed E-state index contributed by atoms with van der Waals surface area (Å²) in [4.78, 5) is 20.1. The van der Waals surface area contributed by atoms with E-state index < -0.39 is 23.2 Å². The zero-order chi connectivity index (χ0) is 28.0. The predicted molar refractivity (Wildman–Crippen MR) is 152 cm³/mol. The van der Waals surface area contributed by atoms with Crippen LogP contribution in [0.2, 0.25) is 0 Å². The Balaban J connectivity index is 1.57. The van der Waals surface area contributed by atoms with E-state index in [2.05, 4.69) is 25.8 Å². The average Bonchev–Trinajstić information content (AvgIpc) is 3.68. The Hall–Kier alpha value is -2.96. The quantitative estimate of drug-likeness (QED) is 0.249. The van der Waals surface area contributed by atoms with Crippen LogP contribution in [-0.2, 0) is 10.8 Å². The zero-order valence-electron chi connectivity index (χ0n) is 22.5. The third-order valence-electron chi connectivity index (χ3n) is 7.30. The van der Waals surface area contributed by atoms with E-state index in [0.29, 0.717) is 28.2 Å². The van der Waals surface area contributed by atoms with Crippen molar-refractivity contribution < 1.29 is 28.3 Å². The molecule has 0 radical (unpaired) electrons. The molecule has 39 heavy (non-hydrogen) atoms. The van der Waals surface area contributed by atoms with E-state index >= 15 is 0 Å². The number of alkyl halides is 1. The Labute approximate surface area is 230 Å². The van der Waals surface area contributed by atoms with Gasteiger partial charge in [-0.1, -0.05) is 0 Å². The third-order valence-corrected chi connectivity index (χ3v) is 8.40. The molecule has 2 heterocycles. The number of rotatable bonds is 13.